The van der Waals surface area contributed by atoms with Crippen LogP contribution in [0.4, 0.5) is 0 Å². The Hall–Kier alpha value is -0.710. The molecule has 58 valence electrons. The molecule has 0 aromatic carbocycles. The van der Waals surface area contributed by atoms with Gasteiger partial charge in [-0.2, -0.15) is 0 Å². The number of carboxylic acid groups (broad SMARTS) is 1. The van der Waals surface area contributed by atoms with Crippen molar-refractivity contribution in [1.82, 2.24) is 4.72 Å². The fourth-order valence-corrected chi connectivity index (χ4v) is 0.665. The fourth-order valence-electron chi connectivity index (χ4n) is 0.222. The zero-order valence-electron chi connectivity index (χ0n) is 5.75. The van der Waals surface area contributed by atoms with Gasteiger partial charge in [0.25, 0.3) is 0 Å². The summed E-state index contributed by atoms with van der Waals surface area (Å²) < 4.78 is 2.32. The summed E-state index contributed by atoms with van der Waals surface area (Å²) in [5.74, 6) is -1.17. The first-order valence-corrected chi connectivity index (χ1v) is 3.57. The molecule has 0 saturated heterocycles. The van der Waals surface area contributed by atoms with Crippen molar-refractivity contribution in [1.29, 1.82) is 0 Å². The molecule has 10 heavy (non-hydrogen) atoms. The van der Waals surface area contributed by atoms with Crippen molar-refractivity contribution in [2.24, 2.45) is 0 Å². The number of rotatable bonds is 3. The van der Waals surface area contributed by atoms with E-state index in [0.717, 1.165) is 11.9 Å². The lowest BCUT2D eigenvalue weighted by molar-refractivity contribution is -0.136. The normalized spacial score (nSPS) is 12.2. The van der Waals surface area contributed by atoms with E-state index in [1.54, 1.807) is 0 Å². The van der Waals surface area contributed by atoms with Gasteiger partial charge in [-0.3, -0.25) is 14.3 Å². The van der Waals surface area contributed by atoms with Gasteiger partial charge in [0.2, 0.25) is 5.91 Å². The standard InChI is InChI=1S/C5H9NO3S/c1-3(5(8)9)10-6-4(2)7/h3H,1-2H3,(H,6,7)(H,8,9). The highest BCUT2D eigenvalue weighted by Crippen LogP contribution is 2.04. The molecule has 2 N–H and O–H groups in total. The highest BCUT2D eigenvalue weighted by atomic mass is 32.2. The molecule has 1 atom stereocenters. The van der Waals surface area contributed by atoms with Gasteiger partial charge < -0.3 is 5.11 Å². The van der Waals surface area contributed by atoms with Crippen LogP contribution in [0.25, 0.3) is 0 Å². The molecule has 0 rings (SSSR count). The van der Waals surface area contributed by atoms with Crippen LogP contribution in [0.1, 0.15) is 13.8 Å². The van der Waals surface area contributed by atoms with Crippen molar-refractivity contribution in [3.8, 4) is 0 Å². The number of hydrogen-bond donors (Lipinski definition) is 2. The Kier molecular flexibility index (Phi) is 3.87. The van der Waals surface area contributed by atoms with Crippen molar-refractivity contribution >= 4 is 23.8 Å². The number of nitrogens with one attached hydrogen (secondary N) is 1. The van der Waals surface area contributed by atoms with E-state index >= 15 is 0 Å². The van der Waals surface area contributed by atoms with Gasteiger partial charge in [-0.15, -0.1) is 0 Å². The molecule has 0 aliphatic heterocycles. The molecule has 0 spiro atoms. The summed E-state index contributed by atoms with van der Waals surface area (Å²) in [5, 5.41) is 7.73. The van der Waals surface area contributed by atoms with Gasteiger partial charge in [-0.1, -0.05) is 0 Å². The van der Waals surface area contributed by atoms with E-state index in [0.29, 0.717) is 0 Å². The Bertz CT molecular complexity index is 148. The summed E-state index contributed by atoms with van der Waals surface area (Å²) in [6.45, 7) is 2.84. The fraction of sp³-hybridized carbons (Fsp3) is 0.600. The first kappa shape index (κ1) is 9.29. The Morgan fingerprint density at radius 2 is 2.10 bits per heavy atom. The number of carboxylic acids is 1. The third kappa shape index (κ3) is 4.20. The average Bonchev–Trinajstić information content (AvgIpc) is 1.82. The van der Waals surface area contributed by atoms with Gasteiger partial charge in [0.15, 0.2) is 0 Å². The van der Waals surface area contributed by atoms with Gasteiger partial charge in [-0.05, 0) is 18.9 Å². The van der Waals surface area contributed by atoms with Crippen molar-refractivity contribution in [2.45, 2.75) is 19.1 Å². The molecule has 0 bridgehead atoms. The second-order valence-electron chi connectivity index (χ2n) is 1.76. The maximum absolute atomic E-state index is 10.2. The lowest BCUT2D eigenvalue weighted by atomic mass is 10.5. The maximum atomic E-state index is 10.2. The minimum Gasteiger partial charge on any atom is -0.480 e. The van der Waals surface area contributed by atoms with Gasteiger partial charge in [0.1, 0.15) is 5.25 Å². The summed E-state index contributed by atoms with van der Waals surface area (Å²) in [6, 6.07) is 0. The molecule has 0 radical (unpaired) electrons. The Labute approximate surface area is 63.1 Å². The lowest BCUT2D eigenvalue weighted by Gasteiger charge is -2.03. The van der Waals surface area contributed by atoms with Gasteiger partial charge in [0, 0.05) is 6.92 Å². The van der Waals surface area contributed by atoms with E-state index in [1.165, 1.54) is 13.8 Å². The number of carbonyl (C=O) groups is 2. The first-order valence-electron chi connectivity index (χ1n) is 2.69. The zero-order valence-corrected chi connectivity index (χ0v) is 6.57. The summed E-state index contributed by atoms with van der Waals surface area (Å²) >= 11 is 0.894. The Balaban J connectivity index is 3.49. The molecule has 0 aromatic heterocycles. The maximum Gasteiger partial charge on any atom is 0.318 e. The average molecular weight is 163 g/mol. The van der Waals surface area contributed by atoms with Crippen LogP contribution in [0.15, 0.2) is 0 Å². The summed E-state index contributed by atoms with van der Waals surface area (Å²) in [7, 11) is 0. The summed E-state index contributed by atoms with van der Waals surface area (Å²) in [6.07, 6.45) is 0. The second-order valence-corrected chi connectivity index (χ2v) is 2.90. The smallest absolute Gasteiger partial charge is 0.318 e. The third-order valence-electron chi connectivity index (χ3n) is 0.727. The van der Waals surface area contributed by atoms with E-state index in [2.05, 4.69) is 4.72 Å². The first-order chi connectivity index (χ1) is 4.54. The molecule has 1 amide bonds. The molecule has 0 heterocycles. The molecular formula is C5H9NO3S. The summed E-state index contributed by atoms with van der Waals surface area (Å²) in [4.78, 5) is 20.4. The van der Waals surface area contributed by atoms with Crippen molar-refractivity contribution in [3.63, 3.8) is 0 Å². The third-order valence-corrected chi connectivity index (χ3v) is 1.69. The van der Waals surface area contributed by atoms with E-state index in [1.807, 2.05) is 0 Å². The van der Waals surface area contributed by atoms with Crippen LogP contribution in [0.5, 0.6) is 0 Å². The van der Waals surface area contributed by atoms with E-state index in [-0.39, 0.29) is 5.91 Å². The van der Waals surface area contributed by atoms with Crippen LogP contribution < -0.4 is 4.72 Å². The van der Waals surface area contributed by atoms with Crippen LogP contribution in [0.3, 0.4) is 0 Å². The van der Waals surface area contributed by atoms with Crippen LogP contribution in [-0.4, -0.2) is 22.2 Å². The number of hydrogen-bond acceptors (Lipinski definition) is 3. The molecule has 0 aromatic rings. The van der Waals surface area contributed by atoms with Crippen molar-refractivity contribution < 1.29 is 14.7 Å². The van der Waals surface area contributed by atoms with Gasteiger partial charge in [0.05, 0.1) is 0 Å². The SMILES string of the molecule is CC(=O)NSC(C)C(=O)O. The highest BCUT2D eigenvalue weighted by Gasteiger charge is 2.11. The summed E-state index contributed by atoms with van der Waals surface area (Å²) in [5.41, 5.74) is 0. The second kappa shape index (κ2) is 4.16. The quantitative estimate of drug-likeness (QED) is 0.585. The molecular weight excluding hydrogens is 154 g/mol. The molecule has 0 fully saturated rings. The molecule has 0 aliphatic rings. The van der Waals surface area contributed by atoms with Crippen molar-refractivity contribution in [3.05, 3.63) is 0 Å². The van der Waals surface area contributed by atoms with Gasteiger partial charge in [-0.25, -0.2) is 0 Å². The zero-order chi connectivity index (χ0) is 8.15. The number of carbonyl (C=O) groups excluding carboxylic acids is 1. The number of aliphatic carboxylic acids is 1. The van der Waals surface area contributed by atoms with Crippen molar-refractivity contribution in [2.75, 3.05) is 0 Å². The molecule has 0 saturated carbocycles. The highest BCUT2D eigenvalue weighted by molar-refractivity contribution is 7.99. The van der Waals surface area contributed by atoms with Crippen LogP contribution >= 0.6 is 11.9 Å². The Morgan fingerprint density at radius 3 is 2.40 bits per heavy atom. The van der Waals surface area contributed by atoms with Gasteiger partial charge >= 0.3 is 5.97 Å². The van der Waals surface area contributed by atoms with E-state index < -0.39 is 11.2 Å². The number of amides is 1. The minimum atomic E-state index is -0.932. The van der Waals surface area contributed by atoms with E-state index in [9.17, 15) is 9.59 Å². The topological polar surface area (TPSA) is 66.4 Å². The predicted octanol–water partition coefficient (Wildman–Crippen LogP) is 0.244. The largest absolute Gasteiger partial charge is 0.480 e. The lowest BCUT2D eigenvalue weighted by Crippen LogP contribution is -2.20. The Morgan fingerprint density at radius 1 is 1.60 bits per heavy atom. The van der Waals surface area contributed by atoms with Crippen LogP contribution in [0.2, 0.25) is 0 Å². The predicted molar refractivity (Wildman–Crippen MR) is 38.5 cm³/mol. The molecule has 4 nitrogen and oxygen atoms in total. The molecule has 0 aliphatic carbocycles. The van der Waals surface area contributed by atoms with Crippen LogP contribution in [-0.2, 0) is 9.59 Å². The monoisotopic (exact) mass is 163 g/mol. The van der Waals surface area contributed by atoms with E-state index in [4.69, 9.17) is 5.11 Å². The minimum absolute atomic E-state index is 0.238. The molecule has 5 heteroatoms. The molecule has 1 unspecified atom stereocenters. The van der Waals surface area contributed by atoms with Crippen LogP contribution in [0, 0.1) is 0 Å².